The lowest BCUT2D eigenvalue weighted by molar-refractivity contribution is -0.192. The van der Waals surface area contributed by atoms with Crippen molar-refractivity contribution < 1.29 is 33.3 Å². The molecule has 2 aromatic carbocycles. The second kappa shape index (κ2) is 12.1. The number of nitrogens with zero attached hydrogens (tertiary/aromatic N) is 3. The van der Waals surface area contributed by atoms with Crippen molar-refractivity contribution in [2.24, 2.45) is 5.11 Å². The Labute approximate surface area is 200 Å². The third-order valence-corrected chi connectivity index (χ3v) is 5.96. The second-order valence-corrected chi connectivity index (χ2v) is 8.45. The molecule has 1 fully saturated rings. The van der Waals surface area contributed by atoms with E-state index in [1.807, 2.05) is 30.3 Å². The smallest absolute Gasteiger partial charge is 0.338 e. The highest BCUT2D eigenvalue weighted by Crippen LogP contribution is 2.37. The van der Waals surface area contributed by atoms with Gasteiger partial charge in [-0.05, 0) is 29.8 Å². The van der Waals surface area contributed by atoms with E-state index in [0.717, 1.165) is 4.90 Å². The van der Waals surface area contributed by atoms with Gasteiger partial charge in [0.05, 0.1) is 5.56 Å². The average molecular weight is 486 g/mol. The monoisotopic (exact) mass is 485 g/mol. The summed E-state index contributed by atoms with van der Waals surface area (Å²) in [5, 5.41) is 3.81. The number of benzene rings is 2. The first-order valence-electron chi connectivity index (χ1n) is 10.4. The SMILES string of the molecule is CC(=O)OC[C@H]1O[C@@H](Sc2ccccc2)[C@H](OC(=O)c2ccccc2)[C@@H](N=[N+]=[N-])[C@H]1OC(C)=O. The first kappa shape index (κ1) is 25.1. The summed E-state index contributed by atoms with van der Waals surface area (Å²) in [5.41, 5.74) is 8.69. The summed E-state index contributed by atoms with van der Waals surface area (Å²) in [7, 11) is 0. The Balaban J connectivity index is 1.98. The highest BCUT2D eigenvalue weighted by atomic mass is 32.2. The maximum Gasteiger partial charge on any atom is 0.338 e. The minimum absolute atomic E-state index is 0.254. The van der Waals surface area contributed by atoms with Crippen LogP contribution in [0.15, 0.2) is 70.7 Å². The van der Waals surface area contributed by atoms with Crippen molar-refractivity contribution in [3.05, 3.63) is 76.7 Å². The van der Waals surface area contributed by atoms with E-state index in [1.54, 1.807) is 30.3 Å². The molecule has 1 aliphatic heterocycles. The molecule has 2 aromatic rings. The van der Waals surface area contributed by atoms with Crippen LogP contribution in [0, 0.1) is 0 Å². The first-order valence-corrected chi connectivity index (χ1v) is 11.2. The first-order chi connectivity index (χ1) is 16.4. The van der Waals surface area contributed by atoms with Crippen LogP contribution >= 0.6 is 11.8 Å². The lowest BCUT2D eigenvalue weighted by atomic mass is 9.97. The number of carbonyl (C=O) groups excluding carboxylic acids is 3. The number of hydrogen-bond acceptors (Lipinski definition) is 9. The van der Waals surface area contributed by atoms with Gasteiger partial charge in [-0.25, -0.2) is 4.79 Å². The van der Waals surface area contributed by atoms with E-state index in [4.69, 9.17) is 18.9 Å². The van der Waals surface area contributed by atoms with Gasteiger partial charge < -0.3 is 18.9 Å². The van der Waals surface area contributed by atoms with Crippen LogP contribution < -0.4 is 0 Å². The molecule has 0 bridgehead atoms. The molecule has 0 radical (unpaired) electrons. The average Bonchev–Trinajstić information content (AvgIpc) is 2.82. The molecule has 0 amide bonds. The minimum Gasteiger partial charge on any atom is -0.463 e. The Bertz CT molecular complexity index is 1050. The molecule has 0 unspecified atom stereocenters. The van der Waals surface area contributed by atoms with Crippen LogP contribution in [0.2, 0.25) is 0 Å². The third-order valence-electron chi connectivity index (χ3n) is 4.80. The van der Waals surface area contributed by atoms with Gasteiger partial charge in [-0.3, -0.25) is 9.59 Å². The van der Waals surface area contributed by atoms with Crippen molar-refractivity contribution >= 4 is 29.7 Å². The lowest BCUT2D eigenvalue weighted by Crippen LogP contribution is -2.59. The number of azide groups is 1. The van der Waals surface area contributed by atoms with Crippen LogP contribution in [-0.2, 0) is 28.5 Å². The summed E-state index contributed by atoms with van der Waals surface area (Å²) < 4.78 is 22.4. The van der Waals surface area contributed by atoms with Gasteiger partial charge >= 0.3 is 17.9 Å². The van der Waals surface area contributed by atoms with Crippen LogP contribution in [0.3, 0.4) is 0 Å². The van der Waals surface area contributed by atoms with Crippen molar-refractivity contribution in [2.45, 2.75) is 48.5 Å². The Morgan fingerprint density at radius 3 is 2.21 bits per heavy atom. The molecule has 1 saturated heterocycles. The minimum atomic E-state index is -1.16. The van der Waals surface area contributed by atoms with Gasteiger partial charge in [-0.15, -0.1) is 0 Å². The van der Waals surface area contributed by atoms with Gasteiger partial charge in [-0.1, -0.05) is 53.3 Å². The number of carbonyl (C=O) groups is 3. The quantitative estimate of drug-likeness (QED) is 0.180. The molecule has 3 rings (SSSR count). The van der Waals surface area contributed by atoms with Crippen LogP contribution in [0.25, 0.3) is 10.4 Å². The van der Waals surface area contributed by atoms with E-state index in [-0.39, 0.29) is 12.2 Å². The number of thioether (sulfide) groups is 1. The predicted molar refractivity (Wildman–Crippen MR) is 122 cm³/mol. The maximum atomic E-state index is 12.9. The number of rotatable bonds is 8. The fraction of sp³-hybridized carbons (Fsp3) is 0.348. The van der Waals surface area contributed by atoms with E-state index < -0.39 is 47.7 Å². The number of ether oxygens (including phenoxy) is 4. The molecule has 178 valence electrons. The van der Waals surface area contributed by atoms with Gasteiger partial charge in [-0.2, -0.15) is 0 Å². The van der Waals surface area contributed by atoms with E-state index in [0.29, 0.717) is 0 Å². The molecule has 11 heteroatoms. The van der Waals surface area contributed by atoms with Gasteiger partial charge in [0.2, 0.25) is 0 Å². The van der Waals surface area contributed by atoms with Gasteiger partial charge in [0.25, 0.3) is 0 Å². The zero-order chi connectivity index (χ0) is 24.5. The summed E-state index contributed by atoms with van der Waals surface area (Å²) in [4.78, 5) is 39.8. The van der Waals surface area contributed by atoms with Crippen molar-refractivity contribution in [2.75, 3.05) is 6.61 Å². The van der Waals surface area contributed by atoms with Crippen LogP contribution in [0.1, 0.15) is 24.2 Å². The normalized spacial score (nSPS) is 23.8. The molecule has 34 heavy (non-hydrogen) atoms. The number of esters is 3. The highest BCUT2D eigenvalue weighted by Gasteiger charge is 2.50. The van der Waals surface area contributed by atoms with Crippen molar-refractivity contribution in [3.63, 3.8) is 0 Å². The molecule has 1 heterocycles. The highest BCUT2D eigenvalue weighted by molar-refractivity contribution is 7.99. The summed E-state index contributed by atoms with van der Waals surface area (Å²) in [6.45, 7) is 2.16. The summed E-state index contributed by atoms with van der Waals surface area (Å²) in [6.07, 6.45) is -3.24. The Morgan fingerprint density at radius 1 is 0.971 bits per heavy atom. The molecule has 0 N–H and O–H groups in total. The van der Waals surface area contributed by atoms with Crippen LogP contribution in [0.5, 0.6) is 0 Å². The van der Waals surface area contributed by atoms with Crippen LogP contribution in [-0.4, -0.2) is 54.3 Å². The molecule has 0 saturated carbocycles. The molecule has 0 aromatic heterocycles. The van der Waals surface area contributed by atoms with Gasteiger partial charge in [0.15, 0.2) is 6.10 Å². The Hall–Kier alpha value is -3.53. The summed E-state index contributed by atoms with van der Waals surface area (Å²) in [5.74, 6) is -1.89. The zero-order valence-electron chi connectivity index (χ0n) is 18.5. The summed E-state index contributed by atoms with van der Waals surface area (Å²) in [6, 6.07) is 16.3. The lowest BCUT2D eigenvalue weighted by Gasteiger charge is -2.43. The van der Waals surface area contributed by atoms with Gasteiger partial charge in [0.1, 0.15) is 30.3 Å². The van der Waals surface area contributed by atoms with E-state index in [2.05, 4.69) is 10.0 Å². The third kappa shape index (κ3) is 6.74. The van der Waals surface area contributed by atoms with Crippen LogP contribution in [0.4, 0.5) is 0 Å². The van der Waals surface area contributed by atoms with E-state index >= 15 is 0 Å². The molecule has 5 atom stereocenters. The topological polar surface area (TPSA) is 137 Å². The fourth-order valence-electron chi connectivity index (χ4n) is 3.38. The Kier molecular flexibility index (Phi) is 8.92. The number of hydrogen-bond donors (Lipinski definition) is 0. The second-order valence-electron chi connectivity index (χ2n) is 7.28. The zero-order valence-corrected chi connectivity index (χ0v) is 19.3. The summed E-state index contributed by atoms with van der Waals surface area (Å²) >= 11 is 1.23. The largest absolute Gasteiger partial charge is 0.463 e. The van der Waals surface area contributed by atoms with Crippen molar-refractivity contribution in [3.8, 4) is 0 Å². The van der Waals surface area contributed by atoms with E-state index in [1.165, 1.54) is 25.6 Å². The molecule has 1 aliphatic rings. The fourth-order valence-corrected chi connectivity index (χ4v) is 4.51. The molecule has 10 nitrogen and oxygen atoms in total. The Morgan fingerprint density at radius 2 is 1.62 bits per heavy atom. The van der Waals surface area contributed by atoms with Crippen molar-refractivity contribution in [1.82, 2.24) is 0 Å². The molecular weight excluding hydrogens is 462 g/mol. The molecular formula is C23H23N3O7S. The standard InChI is InChI=1S/C23H23N3O7S/c1-14(27)30-13-18-20(31-15(2)28)19(25-26-24)21(33-22(29)16-9-5-3-6-10-16)23(32-18)34-17-11-7-4-8-12-17/h3-12,18-21,23H,13H2,1-2H3/t18-,19+,20+,21-,23+/m1/s1. The maximum absolute atomic E-state index is 12.9. The van der Waals surface area contributed by atoms with E-state index in [9.17, 15) is 19.9 Å². The predicted octanol–water partition coefficient (Wildman–Crippen LogP) is 3.90. The molecule has 0 aliphatic carbocycles. The van der Waals surface area contributed by atoms with Gasteiger partial charge in [0, 0.05) is 23.7 Å². The molecule has 0 spiro atoms. The van der Waals surface area contributed by atoms with Crippen molar-refractivity contribution in [1.29, 1.82) is 0 Å².